The fraction of sp³-hybridized carbons (Fsp3) is 0.133. The number of hydrogen-bond donors (Lipinski definition) is 1. The molecule has 2 nitrogen and oxygen atoms in total. The van der Waals surface area contributed by atoms with Gasteiger partial charge in [-0.2, -0.15) is 0 Å². The summed E-state index contributed by atoms with van der Waals surface area (Å²) in [5, 5.41) is 0.822. The molecule has 1 unspecified atom stereocenters. The molecular weight excluding hydrogens is 278 g/mol. The summed E-state index contributed by atoms with van der Waals surface area (Å²) in [5.74, 6) is -0.971. The zero-order valence-corrected chi connectivity index (χ0v) is 11.3. The minimum Gasteiger partial charge on any atom is -0.324 e. The number of fused-ring (bicyclic) bond motifs is 1. The van der Waals surface area contributed by atoms with Crippen molar-refractivity contribution in [2.24, 2.45) is 5.73 Å². The third-order valence-corrected chi connectivity index (χ3v) is 4.15. The van der Waals surface area contributed by atoms with Gasteiger partial charge in [-0.05, 0) is 30.3 Å². The van der Waals surface area contributed by atoms with Crippen LogP contribution in [-0.2, 0) is 6.42 Å². The number of aromatic nitrogens is 1. The van der Waals surface area contributed by atoms with Crippen LogP contribution < -0.4 is 5.73 Å². The third kappa shape index (κ3) is 2.55. The van der Waals surface area contributed by atoms with Gasteiger partial charge in [-0.3, -0.25) is 0 Å². The van der Waals surface area contributed by atoms with E-state index in [9.17, 15) is 8.78 Å². The van der Waals surface area contributed by atoms with Crippen molar-refractivity contribution < 1.29 is 8.78 Å². The molecule has 5 heteroatoms. The highest BCUT2D eigenvalue weighted by atomic mass is 32.1. The molecule has 3 aromatic rings. The first-order valence-electron chi connectivity index (χ1n) is 6.18. The van der Waals surface area contributed by atoms with Gasteiger partial charge in [-0.25, -0.2) is 13.8 Å². The fourth-order valence-electron chi connectivity index (χ4n) is 2.10. The molecule has 3 rings (SSSR count). The first-order chi connectivity index (χ1) is 9.63. The Morgan fingerprint density at radius 3 is 2.75 bits per heavy atom. The van der Waals surface area contributed by atoms with Gasteiger partial charge in [0.15, 0.2) is 0 Å². The topological polar surface area (TPSA) is 38.9 Å². The van der Waals surface area contributed by atoms with Crippen LogP contribution in [-0.4, -0.2) is 4.98 Å². The quantitative estimate of drug-likeness (QED) is 0.796. The molecular formula is C15H12F2N2S. The van der Waals surface area contributed by atoms with E-state index in [0.29, 0.717) is 6.42 Å². The highest BCUT2D eigenvalue weighted by Crippen LogP contribution is 2.26. The van der Waals surface area contributed by atoms with Crippen LogP contribution >= 0.6 is 11.3 Å². The standard InChI is InChI=1S/C15H12F2N2S/c16-9-5-6-11(17)10(7-9)12(18)8-15-19-13-3-1-2-4-14(13)20-15/h1-7,12H,8,18H2. The average Bonchev–Trinajstić information content (AvgIpc) is 2.83. The minimum absolute atomic E-state index is 0.184. The maximum absolute atomic E-state index is 13.7. The van der Waals surface area contributed by atoms with E-state index in [0.717, 1.165) is 33.4 Å². The SMILES string of the molecule is NC(Cc1nc2ccccc2s1)c1cc(F)ccc1F. The molecule has 0 saturated heterocycles. The Morgan fingerprint density at radius 2 is 1.95 bits per heavy atom. The summed E-state index contributed by atoms with van der Waals surface area (Å²) in [6.07, 6.45) is 0.389. The molecule has 2 N–H and O–H groups in total. The van der Waals surface area contributed by atoms with Gasteiger partial charge in [0.05, 0.1) is 15.2 Å². The van der Waals surface area contributed by atoms with Crippen LogP contribution in [0.3, 0.4) is 0 Å². The lowest BCUT2D eigenvalue weighted by molar-refractivity contribution is 0.561. The van der Waals surface area contributed by atoms with Gasteiger partial charge in [0.25, 0.3) is 0 Å². The Labute approximate surface area is 118 Å². The molecule has 0 radical (unpaired) electrons. The first kappa shape index (κ1) is 13.1. The predicted octanol–water partition coefficient (Wildman–Crippen LogP) is 3.82. The normalized spacial score (nSPS) is 12.8. The Bertz CT molecular complexity index is 721. The van der Waals surface area contributed by atoms with Crippen molar-refractivity contribution in [3.63, 3.8) is 0 Å². The molecule has 0 spiro atoms. The summed E-state index contributed by atoms with van der Waals surface area (Å²) in [7, 11) is 0. The van der Waals surface area contributed by atoms with Crippen LogP contribution in [0.5, 0.6) is 0 Å². The van der Waals surface area contributed by atoms with E-state index in [1.54, 1.807) is 0 Å². The lowest BCUT2D eigenvalue weighted by Crippen LogP contribution is -2.15. The molecule has 1 heterocycles. The molecule has 20 heavy (non-hydrogen) atoms. The van der Waals surface area contributed by atoms with Crippen molar-refractivity contribution in [3.8, 4) is 0 Å². The summed E-state index contributed by atoms with van der Waals surface area (Å²) in [6.45, 7) is 0. The maximum atomic E-state index is 13.7. The molecule has 1 aromatic heterocycles. The maximum Gasteiger partial charge on any atom is 0.128 e. The second-order valence-electron chi connectivity index (χ2n) is 4.55. The van der Waals surface area contributed by atoms with Gasteiger partial charge in [0.2, 0.25) is 0 Å². The van der Waals surface area contributed by atoms with E-state index in [2.05, 4.69) is 4.98 Å². The van der Waals surface area contributed by atoms with Crippen LogP contribution in [0.25, 0.3) is 10.2 Å². The van der Waals surface area contributed by atoms with E-state index in [1.165, 1.54) is 11.3 Å². The Balaban J connectivity index is 1.88. The van der Waals surface area contributed by atoms with Crippen molar-refractivity contribution in [2.75, 3.05) is 0 Å². The van der Waals surface area contributed by atoms with E-state index < -0.39 is 17.7 Å². The van der Waals surface area contributed by atoms with Gasteiger partial charge in [0.1, 0.15) is 11.6 Å². The number of nitrogens with zero attached hydrogens (tertiary/aromatic N) is 1. The molecule has 1 atom stereocenters. The van der Waals surface area contributed by atoms with Crippen LogP contribution in [0.4, 0.5) is 8.78 Å². The lowest BCUT2D eigenvalue weighted by atomic mass is 10.0. The number of hydrogen-bond acceptors (Lipinski definition) is 3. The molecule has 0 fully saturated rings. The van der Waals surface area contributed by atoms with Crippen LogP contribution in [0, 0.1) is 11.6 Å². The smallest absolute Gasteiger partial charge is 0.128 e. The van der Waals surface area contributed by atoms with E-state index in [1.807, 2.05) is 24.3 Å². The molecule has 2 aromatic carbocycles. The molecule has 0 saturated carbocycles. The number of benzene rings is 2. The van der Waals surface area contributed by atoms with E-state index >= 15 is 0 Å². The fourth-order valence-corrected chi connectivity index (χ4v) is 3.13. The van der Waals surface area contributed by atoms with E-state index in [-0.39, 0.29) is 5.56 Å². The molecule has 0 aliphatic carbocycles. The number of rotatable bonds is 3. The zero-order valence-electron chi connectivity index (χ0n) is 10.5. The van der Waals surface area contributed by atoms with Gasteiger partial charge >= 0.3 is 0 Å². The summed E-state index contributed by atoms with van der Waals surface area (Å²) >= 11 is 1.52. The second-order valence-corrected chi connectivity index (χ2v) is 5.67. The third-order valence-electron chi connectivity index (χ3n) is 3.09. The highest BCUT2D eigenvalue weighted by molar-refractivity contribution is 7.18. The summed E-state index contributed by atoms with van der Waals surface area (Å²) in [4.78, 5) is 4.45. The van der Waals surface area contributed by atoms with Crippen LogP contribution in [0.15, 0.2) is 42.5 Å². The minimum atomic E-state index is -0.605. The van der Waals surface area contributed by atoms with Crippen molar-refractivity contribution >= 4 is 21.6 Å². The Hall–Kier alpha value is -1.85. The molecule has 0 aliphatic rings. The highest BCUT2D eigenvalue weighted by Gasteiger charge is 2.15. The van der Waals surface area contributed by atoms with Gasteiger partial charge in [-0.15, -0.1) is 11.3 Å². The average molecular weight is 290 g/mol. The lowest BCUT2D eigenvalue weighted by Gasteiger charge is -2.11. The van der Waals surface area contributed by atoms with Gasteiger partial charge < -0.3 is 5.73 Å². The van der Waals surface area contributed by atoms with Gasteiger partial charge in [-0.1, -0.05) is 12.1 Å². The monoisotopic (exact) mass is 290 g/mol. The number of thiazole rings is 1. The predicted molar refractivity (Wildman–Crippen MR) is 76.6 cm³/mol. The zero-order chi connectivity index (χ0) is 14.1. The summed E-state index contributed by atoms with van der Waals surface area (Å²) in [6, 6.07) is 10.5. The molecule has 0 aliphatic heterocycles. The first-order valence-corrected chi connectivity index (χ1v) is 7.00. The molecule has 0 bridgehead atoms. The Kier molecular flexibility index (Phi) is 3.46. The van der Waals surface area contributed by atoms with Crippen LogP contribution in [0.2, 0.25) is 0 Å². The largest absolute Gasteiger partial charge is 0.324 e. The van der Waals surface area contributed by atoms with E-state index in [4.69, 9.17) is 5.73 Å². The molecule has 0 amide bonds. The number of halogens is 2. The number of nitrogens with two attached hydrogens (primary N) is 1. The summed E-state index contributed by atoms with van der Waals surface area (Å²) < 4.78 is 27.9. The molecule has 102 valence electrons. The second kappa shape index (κ2) is 5.26. The van der Waals surface area contributed by atoms with Gasteiger partial charge in [0, 0.05) is 18.0 Å². The summed E-state index contributed by atoms with van der Waals surface area (Å²) in [5.41, 5.74) is 7.07. The van der Waals surface area contributed by atoms with Crippen molar-refractivity contribution in [1.29, 1.82) is 0 Å². The van der Waals surface area contributed by atoms with Crippen molar-refractivity contribution in [1.82, 2.24) is 4.98 Å². The number of para-hydroxylation sites is 1. The van der Waals surface area contributed by atoms with Crippen molar-refractivity contribution in [3.05, 3.63) is 64.7 Å². The van der Waals surface area contributed by atoms with Crippen LogP contribution in [0.1, 0.15) is 16.6 Å². The Morgan fingerprint density at radius 1 is 1.15 bits per heavy atom. The van der Waals surface area contributed by atoms with Crippen molar-refractivity contribution in [2.45, 2.75) is 12.5 Å².